The van der Waals surface area contributed by atoms with Gasteiger partial charge in [0.25, 0.3) is 11.8 Å². The number of anilines is 1. The van der Waals surface area contributed by atoms with Gasteiger partial charge in [-0.2, -0.15) is 0 Å². The van der Waals surface area contributed by atoms with Crippen LogP contribution < -0.4 is 10.6 Å². The van der Waals surface area contributed by atoms with Crippen LogP contribution in [0, 0.1) is 35.2 Å². The van der Waals surface area contributed by atoms with Crippen molar-refractivity contribution in [2.75, 3.05) is 11.9 Å². The summed E-state index contributed by atoms with van der Waals surface area (Å²) in [5.41, 5.74) is -1.87. The van der Waals surface area contributed by atoms with Crippen molar-refractivity contribution in [2.45, 2.75) is 41.9 Å². The summed E-state index contributed by atoms with van der Waals surface area (Å²) in [5.74, 6) is -7.28. The smallest absolute Gasteiger partial charge is 0.307 e. The van der Waals surface area contributed by atoms with Gasteiger partial charge in [0.05, 0.1) is 27.0 Å². The molecule has 2 aromatic carbocycles. The SMILES string of the molecule is C[C@H]1CC2C[C@@H](S(=O)(=O)c3cc(C(=O)Nc4cc(F)c(F)c(F)c4)ccc3Cl)CC1[C@@]2(O)CNC(=O)c1ncco1. The average molecular weight is 612 g/mol. The van der Waals surface area contributed by atoms with E-state index in [1.165, 1.54) is 24.6 Å². The Morgan fingerprint density at radius 3 is 2.46 bits per heavy atom. The molecule has 5 atom stereocenters. The van der Waals surface area contributed by atoms with Crippen molar-refractivity contribution in [1.29, 1.82) is 0 Å². The summed E-state index contributed by atoms with van der Waals surface area (Å²) in [7, 11) is -4.11. The highest BCUT2D eigenvalue weighted by atomic mass is 35.5. The van der Waals surface area contributed by atoms with Crippen LogP contribution in [0.15, 0.2) is 52.1 Å². The molecule has 1 heterocycles. The number of carbonyl (C=O) groups is 2. The number of nitrogens with one attached hydrogen (secondary N) is 2. The number of aromatic nitrogens is 1. The highest BCUT2D eigenvalue weighted by Gasteiger charge is 2.58. The van der Waals surface area contributed by atoms with E-state index >= 15 is 0 Å². The molecule has 2 amide bonds. The zero-order chi connectivity index (χ0) is 29.7. The first-order valence-corrected chi connectivity index (χ1v) is 14.6. The number of halogens is 4. The number of benzene rings is 2. The lowest BCUT2D eigenvalue weighted by Gasteiger charge is -2.43. The third-order valence-electron chi connectivity index (χ3n) is 8.10. The van der Waals surface area contributed by atoms with E-state index in [2.05, 4.69) is 15.6 Å². The van der Waals surface area contributed by atoms with Gasteiger partial charge >= 0.3 is 5.91 Å². The lowest BCUT2D eigenvalue weighted by molar-refractivity contribution is -0.0600. The molecule has 2 aliphatic carbocycles. The van der Waals surface area contributed by atoms with E-state index in [4.69, 9.17) is 16.0 Å². The molecule has 0 spiro atoms. The minimum atomic E-state index is -4.11. The van der Waals surface area contributed by atoms with E-state index in [1.807, 2.05) is 6.92 Å². The Kier molecular flexibility index (Phi) is 7.64. The molecule has 14 heteroatoms. The fourth-order valence-electron chi connectivity index (χ4n) is 6.08. The zero-order valence-electron chi connectivity index (χ0n) is 21.5. The molecule has 218 valence electrons. The highest BCUT2D eigenvalue weighted by Crippen LogP contribution is 2.54. The molecule has 2 fully saturated rings. The van der Waals surface area contributed by atoms with Crippen molar-refractivity contribution >= 4 is 38.9 Å². The molecule has 1 aromatic heterocycles. The Balaban J connectivity index is 1.35. The molecule has 41 heavy (non-hydrogen) atoms. The number of carbonyl (C=O) groups excluding carboxylic acids is 2. The number of rotatable bonds is 7. The van der Waals surface area contributed by atoms with E-state index in [0.717, 1.165) is 6.07 Å². The predicted octanol–water partition coefficient (Wildman–Crippen LogP) is 4.37. The van der Waals surface area contributed by atoms with Gasteiger partial charge in [-0.3, -0.25) is 9.59 Å². The average Bonchev–Trinajstić information content (AvgIpc) is 3.48. The second kappa shape index (κ2) is 10.8. The molecule has 3 aromatic rings. The van der Waals surface area contributed by atoms with Crippen molar-refractivity contribution in [3.63, 3.8) is 0 Å². The van der Waals surface area contributed by atoms with Gasteiger partial charge in [-0.1, -0.05) is 18.5 Å². The molecular formula is C27H25ClF3N3O6S. The van der Waals surface area contributed by atoms with E-state index in [9.17, 15) is 36.3 Å². The van der Waals surface area contributed by atoms with Crippen LogP contribution in [0.4, 0.5) is 18.9 Å². The number of fused-ring (bicyclic) bond motifs is 2. The van der Waals surface area contributed by atoms with E-state index in [0.29, 0.717) is 18.6 Å². The largest absolute Gasteiger partial charge is 0.441 e. The minimum Gasteiger partial charge on any atom is -0.441 e. The number of aliphatic hydroxyl groups is 1. The summed E-state index contributed by atoms with van der Waals surface area (Å²) in [6.07, 6.45) is 3.29. The van der Waals surface area contributed by atoms with Crippen molar-refractivity contribution in [3.8, 4) is 0 Å². The van der Waals surface area contributed by atoms with Gasteiger partial charge in [0, 0.05) is 29.9 Å². The molecule has 2 bridgehead atoms. The predicted molar refractivity (Wildman–Crippen MR) is 140 cm³/mol. The second-order valence-corrected chi connectivity index (χ2v) is 13.1. The molecule has 3 N–H and O–H groups in total. The lowest BCUT2D eigenvalue weighted by atomic mass is 9.73. The van der Waals surface area contributed by atoms with Crippen molar-refractivity contribution in [3.05, 3.63) is 76.7 Å². The number of hydrogen-bond donors (Lipinski definition) is 3. The van der Waals surface area contributed by atoms with Crippen LogP contribution in [0.1, 0.15) is 47.2 Å². The standard InChI is InChI=1S/C27H25ClF3N3O6S/c1-13-6-15-8-17(11-18(13)27(15,37)12-33-25(36)26-32-4-5-40-26)41(38,39)22-7-14(2-3-19(22)28)24(35)34-16-9-20(29)23(31)21(30)10-16/h2-5,7,9-10,13,15,17-18,37H,6,8,11-12H2,1H3,(H,33,36)(H,34,35)/t13-,15?,17+,18?,27+/m0/s1. The number of sulfone groups is 1. The summed E-state index contributed by atoms with van der Waals surface area (Å²) in [4.78, 5) is 28.6. The Morgan fingerprint density at radius 1 is 1.12 bits per heavy atom. The lowest BCUT2D eigenvalue weighted by Crippen LogP contribution is -2.55. The van der Waals surface area contributed by atoms with Gasteiger partial charge in [-0.25, -0.2) is 26.6 Å². The first-order chi connectivity index (χ1) is 19.3. The van der Waals surface area contributed by atoms with Crippen molar-refractivity contribution in [2.24, 2.45) is 17.8 Å². The number of oxazole rings is 1. The molecule has 0 saturated heterocycles. The van der Waals surface area contributed by atoms with Gasteiger partial charge in [0.2, 0.25) is 0 Å². The normalized spacial score (nSPS) is 25.6. The van der Waals surface area contributed by atoms with E-state index < -0.39 is 61.8 Å². The van der Waals surface area contributed by atoms with Crippen molar-refractivity contribution in [1.82, 2.24) is 10.3 Å². The van der Waals surface area contributed by atoms with E-state index in [-0.39, 0.29) is 52.4 Å². The summed E-state index contributed by atoms with van der Waals surface area (Å²) in [6, 6.07) is 4.74. The van der Waals surface area contributed by atoms with Crippen LogP contribution in [0.5, 0.6) is 0 Å². The van der Waals surface area contributed by atoms with Crippen LogP contribution in [-0.2, 0) is 9.84 Å². The van der Waals surface area contributed by atoms with Crippen LogP contribution in [-0.4, -0.2) is 47.7 Å². The quantitative estimate of drug-likeness (QED) is 0.337. The Labute approximate surface area is 238 Å². The molecular weight excluding hydrogens is 587 g/mol. The summed E-state index contributed by atoms with van der Waals surface area (Å²) < 4.78 is 73.0. The maximum Gasteiger partial charge on any atom is 0.307 e. The molecule has 0 aliphatic heterocycles. The number of nitrogens with zero attached hydrogens (tertiary/aromatic N) is 1. The maximum atomic E-state index is 13.8. The fourth-order valence-corrected chi connectivity index (χ4v) is 8.46. The van der Waals surface area contributed by atoms with Gasteiger partial charge < -0.3 is 20.2 Å². The monoisotopic (exact) mass is 611 g/mol. The summed E-state index contributed by atoms with van der Waals surface area (Å²) >= 11 is 6.27. The highest BCUT2D eigenvalue weighted by molar-refractivity contribution is 7.92. The van der Waals surface area contributed by atoms with Gasteiger partial charge in [-0.15, -0.1) is 0 Å². The first kappa shape index (κ1) is 29.1. The van der Waals surface area contributed by atoms with Gasteiger partial charge in [0.15, 0.2) is 27.3 Å². The van der Waals surface area contributed by atoms with Crippen LogP contribution in [0.2, 0.25) is 5.02 Å². The number of hydrogen-bond acceptors (Lipinski definition) is 7. The molecule has 5 rings (SSSR count). The first-order valence-electron chi connectivity index (χ1n) is 12.7. The van der Waals surface area contributed by atoms with Crippen LogP contribution >= 0.6 is 11.6 Å². The molecule has 2 saturated carbocycles. The molecule has 2 unspecified atom stereocenters. The third-order valence-corrected chi connectivity index (χ3v) is 10.8. The maximum absolute atomic E-state index is 13.8. The Hall–Kier alpha value is -3.42. The second-order valence-electron chi connectivity index (χ2n) is 10.5. The van der Waals surface area contributed by atoms with E-state index in [1.54, 1.807) is 0 Å². The number of amides is 2. The fraction of sp³-hybridized carbons (Fsp3) is 0.370. The van der Waals surface area contributed by atoms with Gasteiger partial charge in [0.1, 0.15) is 6.26 Å². The molecule has 0 radical (unpaired) electrons. The molecule has 2 aliphatic rings. The van der Waals surface area contributed by atoms with Crippen LogP contribution in [0.3, 0.4) is 0 Å². The summed E-state index contributed by atoms with van der Waals surface area (Å²) in [6.45, 7) is 1.81. The topological polar surface area (TPSA) is 139 Å². The van der Waals surface area contributed by atoms with Gasteiger partial charge in [-0.05, 0) is 55.2 Å². The zero-order valence-corrected chi connectivity index (χ0v) is 23.1. The summed E-state index contributed by atoms with van der Waals surface area (Å²) in [5, 5.41) is 15.4. The molecule has 9 nitrogen and oxygen atoms in total. The minimum absolute atomic E-state index is 0.0343. The Bertz CT molecular complexity index is 1600. The Morgan fingerprint density at radius 2 is 1.83 bits per heavy atom. The third kappa shape index (κ3) is 5.33. The van der Waals surface area contributed by atoms with Crippen LogP contribution in [0.25, 0.3) is 0 Å². The van der Waals surface area contributed by atoms with Crippen molar-refractivity contribution < 1.29 is 40.7 Å².